The Labute approximate surface area is 179 Å². The van der Waals surface area contributed by atoms with Crippen LogP contribution in [0.3, 0.4) is 0 Å². The number of rotatable bonds is 3. The van der Waals surface area contributed by atoms with Crippen molar-refractivity contribution < 1.29 is 19.0 Å². The summed E-state index contributed by atoms with van der Waals surface area (Å²) in [6.07, 6.45) is 0. The van der Waals surface area contributed by atoms with Crippen LogP contribution in [0.25, 0.3) is 10.9 Å². The van der Waals surface area contributed by atoms with E-state index in [0.717, 1.165) is 5.39 Å². The maximum atomic E-state index is 13.0. The van der Waals surface area contributed by atoms with Gasteiger partial charge in [0, 0.05) is 17.0 Å². The molecule has 0 fully saturated rings. The molecule has 1 aliphatic rings. The maximum Gasteiger partial charge on any atom is 0.338 e. The molecule has 0 saturated heterocycles. The van der Waals surface area contributed by atoms with Crippen LogP contribution in [-0.2, 0) is 14.3 Å². The van der Waals surface area contributed by atoms with Crippen molar-refractivity contribution in [3.8, 4) is 11.8 Å². The average Bonchev–Trinajstić information content (AvgIpc) is 2.64. The number of ether oxygens (including phenoxy) is 3. The first-order valence-corrected chi connectivity index (χ1v) is 9.59. The molecule has 0 unspecified atom stereocenters. The molecule has 3 rings (SSSR count). The number of carbonyl (C=O) groups excluding carboxylic acids is 1. The zero-order valence-corrected chi connectivity index (χ0v) is 18.1. The molecule has 0 amide bonds. The van der Waals surface area contributed by atoms with Gasteiger partial charge < -0.3 is 19.9 Å². The number of nitriles is 1. The number of hydrogen-bond acceptors (Lipinski definition) is 7. The number of carbonyl (C=O) groups is 1. The summed E-state index contributed by atoms with van der Waals surface area (Å²) in [5, 5.41) is 10.7. The predicted molar refractivity (Wildman–Crippen MR) is 113 cm³/mol. The number of methoxy groups -OCH3 is 1. The van der Waals surface area contributed by atoms with Crippen LogP contribution in [0, 0.1) is 11.3 Å². The highest BCUT2D eigenvalue weighted by Crippen LogP contribution is 2.43. The van der Waals surface area contributed by atoms with Crippen LogP contribution in [0.2, 0.25) is 5.15 Å². The Morgan fingerprint density at radius 1 is 1.33 bits per heavy atom. The maximum absolute atomic E-state index is 13.0. The number of nitrogens with two attached hydrogens (primary N) is 1. The average molecular weight is 428 g/mol. The van der Waals surface area contributed by atoms with Crippen molar-refractivity contribution >= 4 is 28.5 Å². The van der Waals surface area contributed by atoms with Crippen molar-refractivity contribution in [2.24, 2.45) is 5.73 Å². The standard InChI is InChI=1S/C22H22ClN3O4/c1-11-17(21(27)30-22(2,3)4)18(15(10-24)20(25)29-11)14-8-12-6-7-13(28-5)9-16(12)26-19(14)23/h6-9,18H,25H2,1-5H3/t18-/m0/s1. The molecule has 1 aromatic carbocycles. The van der Waals surface area contributed by atoms with E-state index in [4.69, 9.17) is 31.5 Å². The number of benzene rings is 1. The number of pyridine rings is 1. The summed E-state index contributed by atoms with van der Waals surface area (Å²) >= 11 is 6.51. The zero-order valence-electron chi connectivity index (χ0n) is 17.4. The second-order valence-electron chi connectivity index (χ2n) is 7.82. The van der Waals surface area contributed by atoms with Gasteiger partial charge in [0.25, 0.3) is 0 Å². The first-order valence-electron chi connectivity index (χ1n) is 9.21. The summed E-state index contributed by atoms with van der Waals surface area (Å²) in [5.74, 6) is -0.687. The second-order valence-corrected chi connectivity index (χ2v) is 8.18. The molecular weight excluding hydrogens is 406 g/mol. The Balaban J connectivity index is 2.22. The van der Waals surface area contributed by atoms with Gasteiger partial charge in [-0.05, 0) is 45.9 Å². The summed E-state index contributed by atoms with van der Waals surface area (Å²) in [5.41, 5.74) is 6.53. The molecule has 2 heterocycles. The van der Waals surface area contributed by atoms with Crippen LogP contribution in [0.1, 0.15) is 39.2 Å². The van der Waals surface area contributed by atoms with Crippen LogP contribution < -0.4 is 10.5 Å². The van der Waals surface area contributed by atoms with Gasteiger partial charge in [-0.2, -0.15) is 5.26 Å². The van der Waals surface area contributed by atoms with Gasteiger partial charge in [-0.15, -0.1) is 0 Å². The van der Waals surface area contributed by atoms with Crippen molar-refractivity contribution in [1.82, 2.24) is 4.98 Å². The zero-order chi connectivity index (χ0) is 22.2. The van der Waals surface area contributed by atoms with E-state index in [1.807, 2.05) is 12.1 Å². The van der Waals surface area contributed by atoms with Gasteiger partial charge in [-0.3, -0.25) is 0 Å². The monoisotopic (exact) mass is 427 g/mol. The summed E-state index contributed by atoms with van der Waals surface area (Å²) in [6.45, 7) is 6.87. The van der Waals surface area contributed by atoms with E-state index in [2.05, 4.69) is 4.98 Å². The van der Waals surface area contributed by atoms with Gasteiger partial charge in [0.1, 0.15) is 33.9 Å². The molecule has 8 heteroatoms. The lowest BCUT2D eigenvalue weighted by atomic mass is 9.83. The topological polar surface area (TPSA) is 107 Å². The fraction of sp³-hybridized carbons (Fsp3) is 0.318. The van der Waals surface area contributed by atoms with Gasteiger partial charge in [-0.1, -0.05) is 11.6 Å². The van der Waals surface area contributed by atoms with E-state index < -0.39 is 17.5 Å². The Morgan fingerprint density at radius 3 is 2.63 bits per heavy atom. The Bertz CT molecular complexity index is 1140. The van der Waals surface area contributed by atoms with Gasteiger partial charge >= 0.3 is 5.97 Å². The molecule has 0 spiro atoms. The fourth-order valence-electron chi connectivity index (χ4n) is 3.26. The molecule has 7 nitrogen and oxygen atoms in total. The number of allylic oxidation sites excluding steroid dienone is 2. The highest BCUT2D eigenvalue weighted by Gasteiger charge is 2.39. The molecule has 0 radical (unpaired) electrons. The second kappa shape index (κ2) is 7.88. The lowest BCUT2D eigenvalue weighted by Crippen LogP contribution is -2.30. The SMILES string of the molecule is COc1ccc2cc([C@H]3C(C#N)=C(N)OC(C)=C3C(=O)OC(C)(C)C)c(Cl)nc2c1. The first-order chi connectivity index (χ1) is 14.1. The normalized spacial score (nSPS) is 16.9. The number of aromatic nitrogens is 1. The number of halogens is 1. The van der Waals surface area contributed by atoms with Gasteiger partial charge in [0.2, 0.25) is 5.88 Å². The highest BCUT2D eigenvalue weighted by atomic mass is 35.5. The molecule has 30 heavy (non-hydrogen) atoms. The molecule has 156 valence electrons. The third kappa shape index (κ3) is 4.05. The fourth-order valence-corrected chi connectivity index (χ4v) is 3.51. The minimum absolute atomic E-state index is 0.0676. The van der Waals surface area contributed by atoms with Gasteiger partial charge in [0.05, 0.1) is 24.1 Å². The van der Waals surface area contributed by atoms with Crippen LogP contribution in [0.4, 0.5) is 0 Å². The van der Waals surface area contributed by atoms with E-state index in [1.165, 1.54) is 0 Å². The molecule has 2 N–H and O–H groups in total. The highest BCUT2D eigenvalue weighted by molar-refractivity contribution is 6.30. The molecule has 1 aliphatic heterocycles. The lowest BCUT2D eigenvalue weighted by molar-refractivity contribution is -0.150. The molecule has 1 atom stereocenters. The van der Waals surface area contributed by atoms with Gasteiger partial charge in [-0.25, -0.2) is 9.78 Å². The van der Waals surface area contributed by atoms with E-state index in [0.29, 0.717) is 16.8 Å². The van der Waals surface area contributed by atoms with Crippen molar-refractivity contribution in [2.75, 3.05) is 7.11 Å². The molecule has 2 aromatic rings. The van der Waals surface area contributed by atoms with Crippen LogP contribution in [0.5, 0.6) is 5.75 Å². The summed E-state index contributed by atoms with van der Waals surface area (Å²) in [7, 11) is 1.56. The minimum Gasteiger partial charge on any atom is -0.497 e. The lowest BCUT2D eigenvalue weighted by Gasteiger charge is -2.29. The minimum atomic E-state index is -0.870. The van der Waals surface area contributed by atoms with E-state index >= 15 is 0 Å². The molecule has 0 bridgehead atoms. The molecule has 0 saturated carbocycles. The summed E-state index contributed by atoms with van der Waals surface area (Å²) in [4.78, 5) is 17.5. The third-order valence-electron chi connectivity index (χ3n) is 4.54. The first kappa shape index (κ1) is 21.5. The summed E-state index contributed by atoms with van der Waals surface area (Å²) in [6, 6.07) is 9.19. The van der Waals surface area contributed by atoms with Crippen LogP contribution >= 0.6 is 11.6 Å². The van der Waals surface area contributed by atoms with Crippen molar-refractivity contribution in [2.45, 2.75) is 39.2 Å². The summed E-state index contributed by atoms with van der Waals surface area (Å²) < 4.78 is 16.3. The third-order valence-corrected chi connectivity index (χ3v) is 4.84. The van der Waals surface area contributed by atoms with E-state index in [-0.39, 0.29) is 27.9 Å². The van der Waals surface area contributed by atoms with Crippen LogP contribution in [-0.4, -0.2) is 23.7 Å². The van der Waals surface area contributed by atoms with E-state index in [9.17, 15) is 10.1 Å². The Hall–Kier alpha value is -3.24. The number of hydrogen-bond donors (Lipinski definition) is 1. The largest absolute Gasteiger partial charge is 0.497 e. The van der Waals surface area contributed by atoms with Crippen LogP contribution in [0.15, 0.2) is 47.1 Å². The van der Waals surface area contributed by atoms with Crippen molar-refractivity contribution in [1.29, 1.82) is 5.26 Å². The number of fused-ring (bicyclic) bond motifs is 1. The number of nitrogens with zero attached hydrogens (tertiary/aromatic N) is 2. The smallest absolute Gasteiger partial charge is 0.338 e. The van der Waals surface area contributed by atoms with Crippen molar-refractivity contribution in [3.63, 3.8) is 0 Å². The Morgan fingerprint density at radius 2 is 2.03 bits per heavy atom. The molecule has 0 aliphatic carbocycles. The van der Waals surface area contributed by atoms with E-state index in [1.54, 1.807) is 53.0 Å². The predicted octanol–water partition coefficient (Wildman–Crippen LogP) is 4.32. The quantitative estimate of drug-likeness (QED) is 0.574. The van der Waals surface area contributed by atoms with Crippen molar-refractivity contribution in [3.05, 3.63) is 57.8 Å². The van der Waals surface area contributed by atoms with Gasteiger partial charge in [0.15, 0.2) is 0 Å². The number of esters is 1. The molecule has 1 aromatic heterocycles. The Kier molecular flexibility index (Phi) is 5.64. The molecular formula is C22H22ClN3O4.